The van der Waals surface area contributed by atoms with E-state index in [4.69, 9.17) is 0 Å². The Kier molecular flexibility index (Phi) is 3.95. The van der Waals surface area contributed by atoms with Gasteiger partial charge >= 0.3 is 0 Å². The van der Waals surface area contributed by atoms with Crippen LogP contribution in [0.1, 0.15) is 36.0 Å². The molecule has 0 aliphatic heterocycles. The lowest BCUT2D eigenvalue weighted by Gasteiger charge is -2.35. The van der Waals surface area contributed by atoms with Crippen LogP contribution in [0.5, 0.6) is 11.5 Å². The molecule has 1 amide bonds. The third-order valence-electron chi connectivity index (χ3n) is 3.66. The van der Waals surface area contributed by atoms with Gasteiger partial charge in [0.1, 0.15) is 11.5 Å². The van der Waals surface area contributed by atoms with Crippen molar-refractivity contribution >= 4 is 5.91 Å². The fourth-order valence-corrected chi connectivity index (χ4v) is 2.62. The van der Waals surface area contributed by atoms with Gasteiger partial charge in [0, 0.05) is 18.7 Å². The number of aliphatic hydroxyl groups is 1. The van der Waals surface area contributed by atoms with Gasteiger partial charge < -0.3 is 20.2 Å². The van der Waals surface area contributed by atoms with Gasteiger partial charge in [-0.2, -0.15) is 0 Å². The number of aromatic hydroxyl groups is 2. The molecule has 1 aromatic rings. The average molecular weight is 265 g/mol. The molecular formula is C14H19NO4. The van der Waals surface area contributed by atoms with Crippen LogP contribution in [0.15, 0.2) is 18.2 Å². The van der Waals surface area contributed by atoms with E-state index in [9.17, 15) is 20.1 Å². The van der Waals surface area contributed by atoms with Gasteiger partial charge in [-0.1, -0.05) is 12.8 Å². The van der Waals surface area contributed by atoms with Crippen molar-refractivity contribution in [2.45, 2.75) is 37.8 Å². The predicted molar refractivity (Wildman–Crippen MR) is 70.1 cm³/mol. The minimum atomic E-state index is -0.506. The molecule has 1 fully saturated rings. The summed E-state index contributed by atoms with van der Waals surface area (Å²) < 4.78 is 0. The van der Waals surface area contributed by atoms with E-state index < -0.39 is 6.10 Å². The summed E-state index contributed by atoms with van der Waals surface area (Å²) in [5.41, 5.74) is 0.220. The van der Waals surface area contributed by atoms with Gasteiger partial charge in [-0.25, -0.2) is 0 Å². The van der Waals surface area contributed by atoms with Crippen LogP contribution >= 0.6 is 0 Å². The standard InChI is InChI=1S/C14H19NO4/c1-15(12-4-2-3-5-13(12)18)14(19)9-6-10(16)8-11(17)7-9/h6-8,12-13,16-18H,2-5H2,1H3. The number of aliphatic hydroxyl groups excluding tert-OH is 1. The number of phenols is 2. The van der Waals surface area contributed by atoms with E-state index in [1.165, 1.54) is 23.1 Å². The highest BCUT2D eigenvalue weighted by atomic mass is 16.3. The fourth-order valence-electron chi connectivity index (χ4n) is 2.62. The second kappa shape index (κ2) is 5.48. The van der Waals surface area contributed by atoms with Crippen molar-refractivity contribution in [3.8, 4) is 11.5 Å². The lowest BCUT2D eigenvalue weighted by Crippen LogP contribution is -2.46. The Labute approximate surface area is 112 Å². The van der Waals surface area contributed by atoms with Gasteiger partial charge in [0.15, 0.2) is 0 Å². The first-order valence-corrected chi connectivity index (χ1v) is 6.47. The van der Waals surface area contributed by atoms with Crippen LogP contribution in [0.4, 0.5) is 0 Å². The number of amides is 1. The summed E-state index contributed by atoms with van der Waals surface area (Å²) in [6.45, 7) is 0. The molecule has 0 heterocycles. The molecule has 1 aromatic carbocycles. The summed E-state index contributed by atoms with van der Waals surface area (Å²) in [6.07, 6.45) is 2.94. The Morgan fingerprint density at radius 3 is 2.32 bits per heavy atom. The van der Waals surface area contributed by atoms with Crippen molar-refractivity contribution in [3.63, 3.8) is 0 Å². The molecule has 2 rings (SSSR count). The minimum absolute atomic E-state index is 0.152. The minimum Gasteiger partial charge on any atom is -0.508 e. The van der Waals surface area contributed by atoms with E-state index in [1.54, 1.807) is 7.05 Å². The van der Waals surface area contributed by atoms with Gasteiger partial charge in [-0.05, 0) is 25.0 Å². The molecule has 0 aromatic heterocycles. The Morgan fingerprint density at radius 1 is 1.16 bits per heavy atom. The zero-order chi connectivity index (χ0) is 14.0. The summed E-state index contributed by atoms with van der Waals surface area (Å²) in [7, 11) is 1.64. The zero-order valence-corrected chi connectivity index (χ0v) is 10.9. The summed E-state index contributed by atoms with van der Waals surface area (Å²) in [4.78, 5) is 13.8. The largest absolute Gasteiger partial charge is 0.508 e. The third-order valence-corrected chi connectivity index (χ3v) is 3.66. The van der Waals surface area contributed by atoms with Crippen LogP contribution < -0.4 is 0 Å². The third kappa shape index (κ3) is 2.98. The van der Waals surface area contributed by atoms with Gasteiger partial charge in [0.2, 0.25) is 0 Å². The lowest BCUT2D eigenvalue weighted by atomic mass is 9.91. The maximum atomic E-state index is 12.3. The van der Waals surface area contributed by atoms with Crippen molar-refractivity contribution in [2.75, 3.05) is 7.05 Å². The zero-order valence-electron chi connectivity index (χ0n) is 10.9. The summed E-state index contributed by atoms with van der Waals surface area (Å²) in [5.74, 6) is -0.612. The molecular weight excluding hydrogens is 246 g/mol. The average Bonchev–Trinajstić information content (AvgIpc) is 2.36. The summed E-state index contributed by atoms with van der Waals surface area (Å²) in [6, 6.07) is 3.60. The van der Waals surface area contributed by atoms with Gasteiger partial charge in [0.25, 0.3) is 5.91 Å². The number of carbonyl (C=O) groups is 1. The maximum absolute atomic E-state index is 12.3. The highest BCUT2D eigenvalue weighted by Gasteiger charge is 2.30. The molecule has 19 heavy (non-hydrogen) atoms. The van der Waals surface area contributed by atoms with Crippen molar-refractivity contribution < 1.29 is 20.1 Å². The van der Waals surface area contributed by atoms with E-state index in [0.717, 1.165) is 19.3 Å². The fraction of sp³-hybridized carbons (Fsp3) is 0.500. The van der Waals surface area contributed by atoms with Crippen molar-refractivity contribution in [3.05, 3.63) is 23.8 Å². The van der Waals surface area contributed by atoms with Gasteiger partial charge in [-0.15, -0.1) is 0 Å². The van der Waals surface area contributed by atoms with Crippen molar-refractivity contribution in [1.82, 2.24) is 4.90 Å². The molecule has 5 nitrogen and oxygen atoms in total. The second-order valence-corrected chi connectivity index (χ2v) is 5.07. The molecule has 1 aliphatic carbocycles. The molecule has 0 bridgehead atoms. The monoisotopic (exact) mass is 265 g/mol. The molecule has 2 atom stereocenters. The molecule has 3 N–H and O–H groups in total. The number of rotatable bonds is 2. The summed E-state index contributed by atoms with van der Waals surface area (Å²) >= 11 is 0. The number of hydrogen-bond donors (Lipinski definition) is 3. The first kappa shape index (κ1) is 13.7. The van der Waals surface area contributed by atoms with E-state index in [1.807, 2.05) is 0 Å². The number of benzene rings is 1. The van der Waals surface area contributed by atoms with Crippen molar-refractivity contribution in [2.24, 2.45) is 0 Å². The van der Waals surface area contributed by atoms with Crippen LogP contribution in [0.25, 0.3) is 0 Å². The predicted octanol–water partition coefficient (Wildman–Crippen LogP) is 1.47. The van der Waals surface area contributed by atoms with Gasteiger partial charge in [-0.3, -0.25) is 4.79 Å². The smallest absolute Gasteiger partial charge is 0.254 e. The highest BCUT2D eigenvalue weighted by molar-refractivity contribution is 5.95. The van der Waals surface area contributed by atoms with Crippen LogP contribution in [-0.2, 0) is 0 Å². The molecule has 0 saturated heterocycles. The summed E-state index contributed by atoms with van der Waals surface area (Å²) in [5, 5.41) is 28.8. The lowest BCUT2D eigenvalue weighted by molar-refractivity contribution is 0.0267. The van der Waals surface area contributed by atoms with Crippen LogP contribution in [0.2, 0.25) is 0 Å². The molecule has 0 spiro atoms. The first-order valence-electron chi connectivity index (χ1n) is 6.47. The van der Waals surface area contributed by atoms with E-state index >= 15 is 0 Å². The van der Waals surface area contributed by atoms with Crippen LogP contribution in [0, 0.1) is 0 Å². The number of likely N-dealkylation sites (N-methyl/N-ethyl adjacent to an activating group) is 1. The van der Waals surface area contributed by atoms with Gasteiger partial charge in [0.05, 0.1) is 12.1 Å². The Bertz CT molecular complexity index is 454. The SMILES string of the molecule is CN(C(=O)c1cc(O)cc(O)c1)C1CCCCC1O. The number of phenolic OH excluding ortho intramolecular Hbond substituents is 2. The highest BCUT2D eigenvalue weighted by Crippen LogP contribution is 2.26. The van der Waals surface area contributed by atoms with Crippen LogP contribution in [0.3, 0.4) is 0 Å². The quantitative estimate of drug-likeness (QED) is 0.756. The molecule has 5 heteroatoms. The van der Waals surface area contributed by atoms with E-state index in [0.29, 0.717) is 6.42 Å². The Balaban J connectivity index is 2.18. The topological polar surface area (TPSA) is 81.0 Å². The molecule has 1 saturated carbocycles. The Hall–Kier alpha value is -1.75. The number of carbonyl (C=O) groups excluding carboxylic acids is 1. The van der Waals surface area contributed by atoms with Crippen LogP contribution in [-0.4, -0.2) is 45.3 Å². The normalized spacial score (nSPS) is 23.1. The maximum Gasteiger partial charge on any atom is 0.254 e. The number of nitrogens with zero attached hydrogens (tertiary/aromatic N) is 1. The number of hydrogen-bond acceptors (Lipinski definition) is 4. The second-order valence-electron chi connectivity index (χ2n) is 5.07. The van der Waals surface area contributed by atoms with Crippen molar-refractivity contribution in [1.29, 1.82) is 0 Å². The van der Waals surface area contributed by atoms with E-state index in [-0.39, 0.29) is 29.0 Å². The molecule has 104 valence electrons. The Morgan fingerprint density at radius 2 is 1.74 bits per heavy atom. The van der Waals surface area contributed by atoms with E-state index in [2.05, 4.69) is 0 Å². The molecule has 2 unspecified atom stereocenters. The molecule has 1 aliphatic rings. The first-order chi connectivity index (χ1) is 8.99. The molecule has 0 radical (unpaired) electrons.